The van der Waals surface area contributed by atoms with E-state index in [1.54, 1.807) is 6.07 Å². The first-order valence-corrected chi connectivity index (χ1v) is 6.04. The summed E-state index contributed by atoms with van der Waals surface area (Å²) in [6, 6.07) is 7.34. The third kappa shape index (κ3) is 1.99. The van der Waals surface area contributed by atoms with E-state index in [2.05, 4.69) is 6.58 Å². The molecule has 0 aliphatic heterocycles. The van der Waals surface area contributed by atoms with E-state index >= 15 is 0 Å². The molecular weight excluding hydrogens is 224 g/mol. The van der Waals surface area contributed by atoms with Crippen LogP contribution in [0, 0.1) is 0 Å². The maximum atomic E-state index is 12.5. The SMILES string of the molecule is C=C(C)c1c(C(C)(C)C)oc2ccccc2c1=O. The number of para-hydroxylation sites is 1. The molecule has 0 amide bonds. The van der Waals surface area contributed by atoms with Crippen LogP contribution >= 0.6 is 0 Å². The molecule has 1 aromatic heterocycles. The van der Waals surface area contributed by atoms with Crippen LogP contribution in [0.3, 0.4) is 0 Å². The maximum absolute atomic E-state index is 12.5. The van der Waals surface area contributed by atoms with Crippen LogP contribution in [0.1, 0.15) is 39.0 Å². The number of hydrogen-bond donors (Lipinski definition) is 0. The molecule has 0 unspecified atom stereocenters. The van der Waals surface area contributed by atoms with E-state index in [-0.39, 0.29) is 10.8 Å². The Balaban J connectivity index is 2.98. The monoisotopic (exact) mass is 242 g/mol. The second-order valence-electron chi connectivity index (χ2n) is 5.66. The van der Waals surface area contributed by atoms with Crippen molar-refractivity contribution in [2.24, 2.45) is 0 Å². The normalized spacial score (nSPS) is 11.8. The molecule has 1 heterocycles. The minimum atomic E-state index is -0.225. The molecule has 0 saturated carbocycles. The molecule has 0 radical (unpaired) electrons. The summed E-state index contributed by atoms with van der Waals surface area (Å²) in [4.78, 5) is 12.5. The third-order valence-corrected chi connectivity index (χ3v) is 2.91. The van der Waals surface area contributed by atoms with Crippen molar-refractivity contribution < 1.29 is 4.42 Å². The number of hydrogen-bond acceptors (Lipinski definition) is 2. The predicted octanol–water partition coefficient (Wildman–Crippen LogP) is 4.12. The van der Waals surface area contributed by atoms with Crippen LogP contribution < -0.4 is 5.43 Å². The highest BCUT2D eigenvalue weighted by Gasteiger charge is 2.25. The Kier molecular flexibility index (Phi) is 2.89. The molecule has 2 heteroatoms. The topological polar surface area (TPSA) is 30.2 Å². The van der Waals surface area contributed by atoms with Crippen molar-refractivity contribution in [2.75, 3.05) is 0 Å². The first-order chi connectivity index (χ1) is 8.32. The van der Waals surface area contributed by atoms with Crippen molar-refractivity contribution in [3.05, 3.63) is 52.4 Å². The summed E-state index contributed by atoms with van der Waals surface area (Å²) >= 11 is 0. The van der Waals surface area contributed by atoms with E-state index in [1.807, 2.05) is 45.9 Å². The fourth-order valence-corrected chi connectivity index (χ4v) is 2.06. The zero-order valence-corrected chi connectivity index (χ0v) is 11.3. The molecule has 0 N–H and O–H groups in total. The van der Waals surface area contributed by atoms with Gasteiger partial charge in [-0.05, 0) is 24.6 Å². The molecule has 2 nitrogen and oxygen atoms in total. The van der Waals surface area contributed by atoms with Gasteiger partial charge >= 0.3 is 0 Å². The fourth-order valence-electron chi connectivity index (χ4n) is 2.06. The van der Waals surface area contributed by atoms with Crippen molar-refractivity contribution in [3.8, 4) is 0 Å². The first kappa shape index (κ1) is 12.6. The van der Waals surface area contributed by atoms with Crippen LogP contribution in [0.2, 0.25) is 0 Å². The Labute approximate surface area is 107 Å². The second kappa shape index (κ2) is 4.13. The van der Waals surface area contributed by atoms with E-state index in [4.69, 9.17) is 4.42 Å². The number of fused-ring (bicyclic) bond motifs is 1. The minimum absolute atomic E-state index is 0.00859. The average molecular weight is 242 g/mol. The molecule has 0 spiro atoms. The van der Waals surface area contributed by atoms with Gasteiger partial charge in [0.2, 0.25) is 0 Å². The Morgan fingerprint density at radius 2 is 1.83 bits per heavy atom. The largest absolute Gasteiger partial charge is 0.460 e. The Bertz CT molecular complexity index is 670. The van der Waals surface area contributed by atoms with Gasteiger partial charge in [-0.3, -0.25) is 4.79 Å². The van der Waals surface area contributed by atoms with Gasteiger partial charge in [0, 0.05) is 5.41 Å². The molecule has 0 fully saturated rings. The molecule has 18 heavy (non-hydrogen) atoms. The van der Waals surface area contributed by atoms with E-state index in [0.29, 0.717) is 22.3 Å². The van der Waals surface area contributed by atoms with Crippen molar-refractivity contribution >= 4 is 16.5 Å². The number of benzene rings is 1. The third-order valence-electron chi connectivity index (χ3n) is 2.91. The maximum Gasteiger partial charge on any atom is 0.200 e. The van der Waals surface area contributed by atoms with Crippen molar-refractivity contribution in [2.45, 2.75) is 33.1 Å². The van der Waals surface area contributed by atoms with Gasteiger partial charge in [0.15, 0.2) is 5.43 Å². The lowest BCUT2D eigenvalue weighted by atomic mass is 9.87. The van der Waals surface area contributed by atoms with Gasteiger partial charge in [0.1, 0.15) is 11.3 Å². The lowest BCUT2D eigenvalue weighted by molar-refractivity contribution is 0.419. The van der Waals surface area contributed by atoms with Crippen LogP contribution in [-0.2, 0) is 5.41 Å². The summed E-state index contributed by atoms with van der Waals surface area (Å²) in [5.41, 5.74) is 1.78. The van der Waals surface area contributed by atoms with E-state index in [1.165, 1.54) is 0 Å². The molecule has 0 saturated heterocycles. The lowest BCUT2D eigenvalue weighted by Crippen LogP contribution is -2.20. The molecule has 0 aliphatic carbocycles. The van der Waals surface area contributed by atoms with E-state index < -0.39 is 0 Å². The first-order valence-electron chi connectivity index (χ1n) is 6.04. The molecule has 94 valence electrons. The summed E-state index contributed by atoms with van der Waals surface area (Å²) in [6.07, 6.45) is 0. The van der Waals surface area contributed by atoms with Gasteiger partial charge in [-0.15, -0.1) is 0 Å². The molecule has 0 bridgehead atoms. The van der Waals surface area contributed by atoms with Gasteiger partial charge < -0.3 is 4.42 Å². The van der Waals surface area contributed by atoms with Gasteiger partial charge in [-0.25, -0.2) is 0 Å². The van der Waals surface area contributed by atoms with Crippen LogP contribution in [0.25, 0.3) is 16.5 Å². The molecular formula is C16H18O2. The summed E-state index contributed by atoms with van der Waals surface area (Å²) in [6.45, 7) is 11.9. The number of allylic oxidation sites excluding steroid dienone is 1. The van der Waals surface area contributed by atoms with Crippen LogP contribution in [-0.4, -0.2) is 0 Å². The van der Waals surface area contributed by atoms with Crippen LogP contribution in [0.4, 0.5) is 0 Å². The van der Waals surface area contributed by atoms with E-state index in [0.717, 1.165) is 5.57 Å². The molecule has 0 aliphatic rings. The highest BCUT2D eigenvalue weighted by molar-refractivity contribution is 5.81. The standard InChI is InChI=1S/C16H18O2/c1-10(2)13-14(17)11-8-6-7-9-12(11)18-15(13)16(3,4)5/h6-9H,1H2,2-5H3. The molecule has 2 rings (SSSR count). The zero-order chi connectivity index (χ0) is 13.5. The Morgan fingerprint density at radius 1 is 1.22 bits per heavy atom. The van der Waals surface area contributed by atoms with Crippen LogP contribution in [0.5, 0.6) is 0 Å². The Hall–Kier alpha value is -1.83. The van der Waals surface area contributed by atoms with Gasteiger partial charge in [-0.1, -0.05) is 39.5 Å². The number of rotatable bonds is 1. The lowest BCUT2D eigenvalue weighted by Gasteiger charge is -2.21. The second-order valence-corrected chi connectivity index (χ2v) is 5.66. The average Bonchev–Trinajstić information content (AvgIpc) is 2.27. The fraction of sp³-hybridized carbons (Fsp3) is 0.312. The van der Waals surface area contributed by atoms with Crippen molar-refractivity contribution in [1.29, 1.82) is 0 Å². The van der Waals surface area contributed by atoms with Crippen LogP contribution in [0.15, 0.2) is 40.1 Å². The van der Waals surface area contributed by atoms with E-state index in [9.17, 15) is 4.79 Å². The summed E-state index contributed by atoms with van der Waals surface area (Å²) in [5.74, 6) is 0.707. The van der Waals surface area contributed by atoms with Crippen molar-refractivity contribution in [1.82, 2.24) is 0 Å². The summed E-state index contributed by atoms with van der Waals surface area (Å²) in [7, 11) is 0. The highest BCUT2D eigenvalue weighted by Crippen LogP contribution is 2.30. The van der Waals surface area contributed by atoms with Gasteiger partial charge in [-0.2, -0.15) is 0 Å². The smallest absolute Gasteiger partial charge is 0.200 e. The molecule has 2 aromatic rings. The van der Waals surface area contributed by atoms with Crippen molar-refractivity contribution in [3.63, 3.8) is 0 Å². The quantitative estimate of drug-likeness (QED) is 0.752. The van der Waals surface area contributed by atoms with Gasteiger partial charge in [0.25, 0.3) is 0 Å². The predicted molar refractivity (Wildman–Crippen MR) is 75.9 cm³/mol. The van der Waals surface area contributed by atoms with Gasteiger partial charge in [0.05, 0.1) is 10.9 Å². The summed E-state index contributed by atoms with van der Waals surface area (Å²) in [5, 5.41) is 0.614. The zero-order valence-electron chi connectivity index (χ0n) is 11.3. The summed E-state index contributed by atoms with van der Waals surface area (Å²) < 4.78 is 5.94. The minimum Gasteiger partial charge on any atom is -0.460 e. The molecule has 1 aromatic carbocycles. The Morgan fingerprint density at radius 3 is 2.39 bits per heavy atom. The molecule has 0 atom stereocenters. The highest BCUT2D eigenvalue weighted by atomic mass is 16.3.